The van der Waals surface area contributed by atoms with Gasteiger partial charge in [-0.05, 0) is 24.6 Å². The number of rotatable bonds is 0. The Balaban J connectivity index is 2.53. The molecule has 2 aliphatic rings. The van der Waals surface area contributed by atoms with Crippen LogP contribution in [0, 0.1) is 0 Å². The monoisotopic (exact) mass is 288 g/mol. The minimum absolute atomic E-state index is 0.139. The molecule has 2 aliphatic heterocycles. The van der Waals surface area contributed by atoms with Gasteiger partial charge in [-0.2, -0.15) is 13.2 Å². The molecule has 106 valence electrons. The second-order valence-electron chi connectivity index (χ2n) is 3.93. The lowest BCUT2D eigenvalue weighted by Crippen LogP contribution is -2.51. The van der Waals surface area contributed by atoms with E-state index in [2.05, 4.69) is 4.74 Å². The van der Waals surface area contributed by atoms with Gasteiger partial charge in [0.25, 0.3) is 11.8 Å². The van der Waals surface area contributed by atoms with E-state index < -0.39 is 35.4 Å². The third-order valence-corrected chi connectivity index (χ3v) is 2.39. The predicted molar refractivity (Wildman–Crippen MR) is 57.7 cm³/mol. The van der Waals surface area contributed by atoms with E-state index in [1.54, 1.807) is 10.6 Å². The van der Waals surface area contributed by atoms with E-state index >= 15 is 0 Å². The van der Waals surface area contributed by atoms with Gasteiger partial charge >= 0.3 is 12.2 Å². The maximum Gasteiger partial charge on any atom is 0.449 e. The standard InChI is InChI=1S/C11H7F3N2O4/c1-4-2-5(3-6(20-4)11(12,13)14)7-8(17)15-10(19)16-9(7)18/h2-3H,1H3,(H2,15,16,17,18,19). The molecule has 4 amide bonds. The van der Waals surface area contributed by atoms with E-state index in [4.69, 9.17) is 0 Å². The topological polar surface area (TPSA) is 84.5 Å². The average Bonchev–Trinajstić information content (AvgIpc) is 2.25. The molecule has 0 spiro atoms. The highest BCUT2D eigenvalue weighted by atomic mass is 19.4. The normalized spacial score (nSPS) is 19.9. The van der Waals surface area contributed by atoms with Crippen molar-refractivity contribution in [3.05, 3.63) is 34.8 Å². The fourth-order valence-corrected chi connectivity index (χ4v) is 1.65. The second kappa shape index (κ2) is 4.51. The van der Waals surface area contributed by atoms with Gasteiger partial charge in [-0.1, -0.05) is 0 Å². The molecule has 2 rings (SSSR count). The van der Waals surface area contributed by atoms with Crippen LogP contribution in [0.2, 0.25) is 0 Å². The Bertz CT molecular complexity index is 592. The third-order valence-electron chi connectivity index (χ3n) is 2.39. The summed E-state index contributed by atoms with van der Waals surface area (Å²) in [5.74, 6) is -3.63. The van der Waals surface area contributed by atoms with E-state index in [0.29, 0.717) is 6.08 Å². The molecule has 0 aromatic carbocycles. The van der Waals surface area contributed by atoms with Crippen LogP contribution in [-0.2, 0) is 14.3 Å². The number of imide groups is 2. The Morgan fingerprint density at radius 1 is 1.05 bits per heavy atom. The summed E-state index contributed by atoms with van der Waals surface area (Å²) in [5, 5.41) is 3.55. The van der Waals surface area contributed by atoms with Crippen molar-refractivity contribution in [1.82, 2.24) is 10.6 Å². The van der Waals surface area contributed by atoms with Gasteiger partial charge in [-0.3, -0.25) is 20.2 Å². The molecule has 0 unspecified atom stereocenters. The number of urea groups is 1. The van der Waals surface area contributed by atoms with E-state index in [1.165, 1.54) is 6.92 Å². The lowest BCUT2D eigenvalue weighted by Gasteiger charge is -2.21. The molecule has 0 aliphatic carbocycles. The number of alkyl halides is 3. The number of hydrogen-bond acceptors (Lipinski definition) is 4. The van der Waals surface area contributed by atoms with Crippen LogP contribution >= 0.6 is 0 Å². The first-order valence-corrected chi connectivity index (χ1v) is 5.24. The first-order chi connectivity index (χ1) is 9.18. The van der Waals surface area contributed by atoms with Crippen molar-refractivity contribution >= 4 is 17.8 Å². The lowest BCUT2D eigenvalue weighted by atomic mass is 10.0. The third kappa shape index (κ3) is 2.56. The summed E-state index contributed by atoms with van der Waals surface area (Å²) in [5.41, 5.74) is -0.877. The van der Waals surface area contributed by atoms with Crippen molar-refractivity contribution < 1.29 is 32.3 Å². The number of allylic oxidation sites excluding steroid dienone is 5. The van der Waals surface area contributed by atoms with Gasteiger partial charge in [0.2, 0.25) is 5.76 Å². The molecule has 1 fully saturated rings. The molecule has 20 heavy (non-hydrogen) atoms. The van der Waals surface area contributed by atoms with Gasteiger partial charge in [0, 0.05) is 0 Å². The second-order valence-corrected chi connectivity index (χ2v) is 3.93. The van der Waals surface area contributed by atoms with Crippen molar-refractivity contribution in [3.63, 3.8) is 0 Å². The number of ether oxygens (including phenoxy) is 1. The van der Waals surface area contributed by atoms with Crippen LogP contribution in [0.4, 0.5) is 18.0 Å². The van der Waals surface area contributed by atoms with Crippen molar-refractivity contribution in [3.8, 4) is 0 Å². The highest BCUT2D eigenvalue weighted by Gasteiger charge is 2.39. The zero-order valence-corrected chi connectivity index (χ0v) is 9.92. The van der Waals surface area contributed by atoms with Crippen molar-refractivity contribution in [2.24, 2.45) is 0 Å². The summed E-state index contributed by atoms with van der Waals surface area (Å²) < 4.78 is 42.3. The van der Waals surface area contributed by atoms with Crippen LogP contribution in [0.1, 0.15) is 6.92 Å². The van der Waals surface area contributed by atoms with Crippen LogP contribution in [0.5, 0.6) is 0 Å². The molecule has 0 atom stereocenters. The summed E-state index contributed by atoms with van der Waals surface area (Å²) in [6, 6.07) is -1.03. The van der Waals surface area contributed by atoms with Crippen molar-refractivity contribution in [2.45, 2.75) is 13.1 Å². The molecule has 0 bridgehead atoms. The molecule has 2 N–H and O–H groups in total. The highest BCUT2D eigenvalue weighted by Crippen LogP contribution is 2.33. The smallest absolute Gasteiger partial charge is 0.449 e. The summed E-state index contributed by atoms with van der Waals surface area (Å²) in [6.45, 7) is 1.24. The minimum atomic E-state index is -4.77. The molecule has 1 saturated heterocycles. The summed E-state index contributed by atoms with van der Waals surface area (Å²) >= 11 is 0. The average molecular weight is 288 g/mol. The Kier molecular flexibility index (Phi) is 3.12. The number of carbonyl (C=O) groups excluding carboxylic acids is 3. The maximum atomic E-state index is 12.6. The van der Waals surface area contributed by atoms with Gasteiger partial charge in [0.05, 0.1) is 0 Å². The molecule has 0 aromatic rings. The number of halogens is 3. The minimum Gasteiger partial charge on any atom is -0.457 e. The Morgan fingerprint density at radius 2 is 1.60 bits per heavy atom. The fraction of sp³-hybridized carbons (Fsp3) is 0.182. The molecule has 0 radical (unpaired) electrons. The summed E-state index contributed by atoms with van der Waals surface area (Å²) in [4.78, 5) is 34.0. The van der Waals surface area contributed by atoms with Crippen LogP contribution in [0.15, 0.2) is 34.8 Å². The van der Waals surface area contributed by atoms with Crippen LogP contribution in [-0.4, -0.2) is 24.0 Å². The van der Waals surface area contributed by atoms with E-state index in [1.807, 2.05) is 0 Å². The van der Waals surface area contributed by atoms with E-state index in [-0.39, 0.29) is 11.3 Å². The van der Waals surface area contributed by atoms with E-state index in [9.17, 15) is 27.6 Å². The van der Waals surface area contributed by atoms with Gasteiger partial charge in [-0.15, -0.1) is 0 Å². The molecule has 6 nitrogen and oxygen atoms in total. The quantitative estimate of drug-likeness (QED) is 0.515. The zero-order chi connectivity index (χ0) is 15.1. The Morgan fingerprint density at radius 3 is 2.10 bits per heavy atom. The van der Waals surface area contributed by atoms with Crippen LogP contribution in [0.25, 0.3) is 0 Å². The maximum absolute atomic E-state index is 12.6. The molecular formula is C11H7F3N2O4. The first-order valence-electron chi connectivity index (χ1n) is 5.24. The van der Waals surface area contributed by atoms with Crippen molar-refractivity contribution in [1.29, 1.82) is 0 Å². The van der Waals surface area contributed by atoms with Gasteiger partial charge in [0.15, 0.2) is 0 Å². The van der Waals surface area contributed by atoms with Gasteiger partial charge < -0.3 is 4.74 Å². The van der Waals surface area contributed by atoms with Crippen LogP contribution in [0.3, 0.4) is 0 Å². The number of amides is 4. The van der Waals surface area contributed by atoms with E-state index in [0.717, 1.165) is 6.08 Å². The largest absolute Gasteiger partial charge is 0.457 e. The fourth-order valence-electron chi connectivity index (χ4n) is 1.65. The molecule has 0 aromatic heterocycles. The molecule has 2 heterocycles. The van der Waals surface area contributed by atoms with Crippen molar-refractivity contribution in [2.75, 3.05) is 0 Å². The summed E-state index contributed by atoms with van der Waals surface area (Å²) in [6.07, 6.45) is -3.14. The Hall–Kier alpha value is -2.58. The SMILES string of the molecule is CC1=CC(=C2C(=O)NC(=O)NC2=O)C=C(C(F)(F)F)O1. The summed E-state index contributed by atoms with van der Waals surface area (Å²) in [7, 11) is 0. The zero-order valence-electron chi connectivity index (χ0n) is 9.92. The lowest BCUT2D eigenvalue weighted by molar-refractivity contribution is -0.126. The van der Waals surface area contributed by atoms with Crippen LogP contribution < -0.4 is 10.6 Å². The first kappa shape index (κ1) is 13.8. The molecule has 0 saturated carbocycles. The Labute approximate surface area is 110 Å². The molecular weight excluding hydrogens is 281 g/mol. The number of carbonyl (C=O) groups is 3. The number of nitrogens with one attached hydrogen (secondary N) is 2. The van der Waals surface area contributed by atoms with Gasteiger partial charge in [-0.25, -0.2) is 4.79 Å². The highest BCUT2D eigenvalue weighted by molar-refractivity contribution is 6.29. The number of barbiturate groups is 1. The molecule has 9 heteroatoms. The van der Waals surface area contributed by atoms with Gasteiger partial charge in [0.1, 0.15) is 11.3 Å². The number of hydrogen-bond donors (Lipinski definition) is 2. The predicted octanol–water partition coefficient (Wildman–Crippen LogP) is 1.03.